The van der Waals surface area contributed by atoms with Gasteiger partial charge in [0.05, 0.1) is 16.1 Å². The Morgan fingerprint density at radius 3 is 2.12 bits per heavy atom. The Morgan fingerprint density at radius 1 is 0.853 bits per heavy atom. The molecule has 9 heteroatoms. The van der Waals surface area contributed by atoms with E-state index in [0.29, 0.717) is 11.1 Å². The predicted octanol–water partition coefficient (Wildman–Crippen LogP) is 5.40. The number of amides is 1. The monoisotopic (exact) mass is 539 g/mol. The molecular weight excluding hydrogens is 521 g/mol. The third-order valence-corrected chi connectivity index (χ3v) is 6.64. The fraction of sp³-hybridized carbons (Fsp3) is 0. The molecule has 34 heavy (non-hydrogen) atoms. The highest BCUT2D eigenvalue weighted by molar-refractivity contribution is 9.10. The number of benzene rings is 4. The summed E-state index contributed by atoms with van der Waals surface area (Å²) in [5.74, 6) is -0.991. The van der Waals surface area contributed by atoms with E-state index in [4.69, 9.17) is 10.9 Å². The van der Waals surface area contributed by atoms with Crippen LogP contribution in [0.1, 0.15) is 10.4 Å². The molecule has 5 N–H and O–H groups in total. The van der Waals surface area contributed by atoms with Crippen molar-refractivity contribution in [3.63, 3.8) is 0 Å². The molecule has 1 amide bonds. The van der Waals surface area contributed by atoms with Crippen molar-refractivity contribution >= 4 is 43.2 Å². The van der Waals surface area contributed by atoms with Crippen molar-refractivity contribution < 1.29 is 17.6 Å². The number of primary sulfonamides is 1. The average molecular weight is 540 g/mol. The number of nitrogens with two attached hydrogens (primary N) is 2. The van der Waals surface area contributed by atoms with E-state index in [-0.39, 0.29) is 21.8 Å². The van der Waals surface area contributed by atoms with Gasteiger partial charge >= 0.3 is 0 Å². The van der Waals surface area contributed by atoms with Crippen LogP contribution in [0.4, 0.5) is 15.8 Å². The maximum Gasteiger partial charge on any atom is 0.257 e. The lowest BCUT2D eigenvalue weighted by molar-refractivity contribution is 0.102. The van der Waals surface area contributed by atoms with Crippen LogP contribution in [0.2, 0.25) is 0 Å². The van der Waals surface area contributed by atoms with Crippen molar-refractivity contribution in [3.8, 4) is 22.3 Å². The average Bonchev–Trinajstić information content (AvgIpc) is 2.79. The van der Waals surface area contributed by atoms with Gasteiger partial charge in [-0.2, -0.15) is 0 Å². The first-order chi connectivity index (χ1) is 16.1. The van der Waals surface area contributed by atoms with E-state index < -0.39 is 21.7 Å². The van der Waals surface area contributed by atoms with Gasteiger partial charge in [0.15, 0.2) is 0 Å². The summed E-state index contributed by atoms with van der Waals surface area (Å²) < 4.78 is 37.7. The fourth-order valence-corrected chi connectivity index (χ4v) is 4.26. The lowest BCUT2D eigenvalue weighted by Gasteiger charge is -2.15. The van der Waals surface area contributed by atoms with E-state index in [9.17, 15) is 17.6 Å². The largest absolute Gasteiger partial charge is 0.398 e. The van der Waals surface area contributed by atoms with Crippen LogP contribution < -0.4 is 16.2 Å². The molecule has 0 unspecified atom stereocenters. The number of carbonyl (C=O) groups excluding carboxylic acids is 1. The normalized spacial score (nSPS) is 11.3. The molecule has 0 heterocycles. The molecule has 0 saturated carbocycles. The van der Waals surface area contributed by atoms with E-state index in [1.54, 1.807) is 24.3 Å². The second kappa shape index (κ2) is 9.38. The van der Waals surface area contributed by atoms with E-state index >= 15 is 0 Å². The lowest BCUT2D eigenvalue weighted by atomic mass is 9.93. The summed E-state index contributed by atoms with van der Waals surface area (Å²) in [5, 5.41) is 7.87. The van der Waals surface area contributed by atoms with Gasteiger partial charge in [-0.3, -0.25) is 4.79 Å². The van der Waals surface area contributed by atoms with Crippen molar-refractivity contribution in [1.82, 2.24) is 0 Å². The van der Waals surface area contributed by atoms with Gasteiger partial charge in [-0.25, -0.2) is 17.9 Å². The van der Waals surface area contributed by atoms with Crippen molar-refractivity contribution in [2.45, 2.75) is 4.90 Å². The Bertz CT molecular complexity index is 1490. The molecule has 4 rings (SSSR count). The summed E-state index contributed by atoms with van der Waals surface area (Å²) in [6.07, 6.45) is 0. The van der Waals surface area contributed by atoms with E-state index in [1.807, 2.05) is 30.3 Å². The molecule has 0 saturated heterocycles. The number of carbonyl (C=O) groups is 1. The zero-order valence-electron chi connectivity index (χ0n) is 17.6. The maximum absolute atomic E-state index is 13.6. The molecule has 0 radical (unpaired) electrons. The van der Waals surface area contributed by atoms with Gasteiger partial charge in [0, 0.05) is 15.7 Å². The van der Waals surface area contributed by atoms with Crippen LogP contribution in [-0.2, 0) is 10.0 Å². The number of anilines is 2. The Labute approximate surface area is 204 Å². The molecule has 172 valence electrons. The van der Waals surface area contributed by atoms with Crippen molar-refractivity contribution in [2.75, 3.05) is 11.1 Å². The number of nitrogen functional groups attached to an aromatic ring is 1. The smallest absolute Gasteiger partial charge is 0.257 e. The van der Waals surface area contributed by atoms with Crippen LogP contribution in [-0.4, -0.2) is 14.3 Å². The number of hydrogen-bond acceptors (Lipinski definition) is 4. The van der Waals surface area contributed by atoms with E-state index in [1.165, 1.54) is 30.3 Å². The summed E-state index contributed by atoms with van der Waals surface area (Å²) in [6, 6.07) is 22.5. The molecule has 0 aliphatic heterocycles. The summed E-state index contributed by atoms with van der Waals surface area (Å²) in [5.41, 5.74) is 9.77. The minimum absolute atomic E-state index is 0.0389. The number of halogens is 2. The summed E-state index contributed by atoms with van der Waals surface area (Å²) in [6.45, 7) is 0. The minimum Gasteiger partial charge on any atom is -0.398 e. The quantitative estimate of drug-likeness (QED) is 0.294. The highest BCUT2D eigenvalue weighted by Crippen LogP contribution is 2.35. The number of sulfonamides is 1. The van der Waals surface area contributed by atoms with Gasteiger partial charge in [-0.05, 0) is 71.3 Å². The SMILES string of the molecule is Nc1c(C(=O)Nc2cccc(F)c2)cc(-c2ccc(Br)cc2)cc1-c1ccc(S(N)(=O)=O)cc1. The topological polar surface area (TPSA) is 115 Å². The lowest BCUT2D eigenvalue weighted by Crippen LogP contribution is -2.15. The van der Waals surface area contributed by atoms with Crippen LogP contribution in [0.15, 0.2) is 94.3 Å². The second-order valence-corrected chi connectivity index (χ2v) is 10.0. The second-order valence-electron chi connectivity index (χ2n) is 7.53. The molecule has 4 aromatic carbocycles. The maximum atomic E-state index is 13.6. The Kier molecular flexibility index (Phi) is 6.52. The van der Waals surface area contributed by atoms with Gasteiger partial charge < -0.3 is 11.1 Å². The molecule has 0 fully saturated rings. The highest BCUT2D eigenvalue weighted by atomic mass is 79.9. The first-order valence-corrected chi connectivity index (χ1v) is 12.4. The first-order valence-electron chi connectivity index (χ1n) is 10.0. The van der Waals surface area contributed by atoms with Gasteiger partial charge in [0.2, 0.25) is 10.0 Å². The summed E-state index contributed by atoms with van der Waals surface area (Å²) in [4.78, 5) is 13.1. The molecule has 0 spiro atoms. The van der Waals surface area contributed by atoms with Crippen LogP contribution in [0, 0.1) is 5.82 Å². The molecular formula is C25H19BrFN3O3S. The molecule has 0 aliphatic rings. The minimum atomic E-state index is -3.86. The predicted molar refractivity (Wildman–Crippen MR) is 135 cm³/mol. The number of nitrogens with one attached hydrogen (secondary N) is 1. The fourth-order valence-electron chi connectivity index (χ4n) is 3.48. The van der Waals surface area contributed by atoms with E-state index in [0.717, 1.165) is 15.6 Å². The summed E-state index contributed by atoms with van der Waals surface area (Å²) >= 11 is 3.41. The molecule has 6 nitrogen and oxygen atoms in total. The summed E-state index contributed by atoms with van der Waals surface area (Å²) in [7, 11) is -3.86. The zero-order valence-corrected chi connectivity index (χ0v) is 20.0. The van der Waals surface area contributed by atoms with Crippen molar-refractivity contribution in [3.05, 3.63) is 101 Å². The number of rotatable bonds is 5. The molecule has 0 atom stereocenters. The first kappa shape index (κ1) is 23.6. The number of hydrogen-bond donors (Lipinski definition) is 3. The highest BCUT2D eigenvalue weighted by Gasteiger charge is 2.18. The molecule has 0 bridgehead atoms. The molecule has 4 aromatic rings. The zero-order chi connectivity index (χ0) is 24.5. The van der Waals surface area contributed by atoms with Gasteiger partial charge in [-0.1, -0.05) is 46.3 Å². The molecule has 0 aliphatic carbocycles. The van der Waals surface area contributed by atoms with Crippen molar-refractivity contribution in [2.24, 2.45) is 5.14 Å². The van der Waals surface area contributed by atoms with Gasteiger partial charge in [-0.15, -0.1) is 0 Å². The Balaban J connectivity index is 1.84. The standard InChI is InChI=1S/C25H19BrFN3O3S/c26-18-8-4-15(5-9-18)17-12-22(16-6-10-21(11-7-16)34(29,32)33)24(28)23(13-17)25(31)30-20-3-1-2-19(27)14-20/h1-14H,28H2,(H,30,31)(H2,29,32,33). The van der Waals surface area contributed by atoms with Gasteiger partial charge in [0.25, 0.3) is 5.91 Å². The molecule has 0 aromatic heterocycles. The Morgan fingerprint density at radius 2 is 1.50 bits per heavy atom. The van der Waals surface area contributed by atoms with Crippen LogP contribution in [0.3, 0.4) is 0 Å². The van der Waals surface area contributed by atoms with Crippen LogP contribution in [0.5, 0.6) is 0 Å². The van der Waals surface area contributed by atoms with Crippen LogP contribution in [0.25, 0.3) is 22.3 Å². The third-order valence-electron chi connectivity index (χ3n) is 5.18. The van der Waals surface area contributed by atoms with Gasteiger partial charge in [0.1, 0.15) is 5.82 Å². The van der Waals surface area contributed by atoms with Crippen molar-refractivity contribution in [1.29, 1.82) is 0 Å². The Hall–Kier alpha value is -3.53. The third kappa shape index (κ3) is 5.17. The van der Waals surface area contributed by atoms with Crippen LogP contribution >= 0.6 is 15.9 Å². The van der Waals surface area contributed by atoms with E-state index in [2.05, 4.69) is 21.2 Å².